The molecule has 1 unspecified atom stereocenters. The van der Waals surface area contributed by atoms with Crippen LogP contribution in [-0.4, -0.2) is 47.7 Å². The number of rotatable bonds is 10. The van der Waals surface area contributed by atoms with Gasteiger partial charge in [0, 0.05) is 36.9 Å². The number of thioether (sulfide) groups is 1. The Morgan fingerprint density at radius 3 is 2.28 bits per heavy atom. The van der Waals surface area contributed by atoms with Gasteiger partial charge in [0.25, 0.3) is 0 Å². The molecule has 0 radical (unpaired) electrons. The predicted octanol–water partition coefficient (Wildman–Crippen LogP) is 3.88. The second kappa shape index (κ2) is 11.0. The SMILES string of the molecule is CC(C(=O)c1ccccc1)C(=S)N[C@@H](CSCc1ccc(N(C)C)cc1)C(=O)O. The van der Waals surface area contributed by atoms with E-state index in [4.69, 9.17) is 12.2 Å². The van der Waals surface area contributed by atoms with Gasteiger partial charge in [-0.05, 0) is 24.6 Å². The van der Waals surface area contributed by atoms with Crippen molar-refractivity contribution in [3.05, 3.63) is 65.7 Å². The van der Waals surface area contributed by atoms with Crippen LogP contribution in [0.25, 0.3) is 0 Å². The molecule has 2 rings (SSSR count). The highest BCUT2D eigenvalue weighted by Gasteiger charge is 2.24. The summed E-state index contributed by atoms with van der Waals surface area (Å²) in [5.41, 5.74) is 2.80. The Kier molecular flexibility index (Phi) is 8.67. The number of carbonyl (C=O) groups excluding carboxylic acids is 1. The van der Waals surface area contributed by atoms with Gasteiger partial charge in [-0.2, -0.15) is 11.8 Å². The summed E-state index contributed by atoms with van der Waals surface area (Å²) < 4.78 is 0. The maximum Gasteiger partial charge on any atom is 0.326 e. The van der Waals surface area contributed by atoms with Crippen molar-refractivity contribution in [1.29, 1.82) is 0 Å². The van der Waals surface area contributed by atoms with Crippen LogP contribution in [-0.2, 0) is 10.5 Å². The quantitative estimate of drug-likeness (QED) is 0.438. The summed E-state index contributed by atoms with van der Waals surface area (Å²) in [6.07, 6.45) is 0. The highest BCUT2D eigenvalue weighted by atomic mass is 32.2. The molecule has 0 spiro atoms. The maximum absolute atomic E-state index is 12.5. The van der Waals surface area contributed by atoms with Crippen molar-refractivity contribution in [2.75, 3.05) is 24.7 Å². The van der Waals surface area contributed by atoms with Gasteiger partial charge in [0.2, 0.25) is 0 Å². The van der Waals surface area contributed by atoms with Crippen molar-refractivity contribution in [2.45, 2.75) is 18.7 Å². The van der Waals surface area contributed by atoms with Crippen LogP contribution in [0, 0.1) is 5.92 Å². The van der Waals surface area contributed by atoms with Crippen LogP contribution in [0.3, 0.4) is 0 Å². The number of ketones is 1. The largest absolute Gasteiger partial charge is 0.480 e. The van der Waals surface area contributed by atoms with Gasteiger partial charge >= 0.3 is 5.97 Å². The van der Waals surface area contributed by atoms with Crippen LogP contribution in [0.5, 0.6) is 0 Å². The molecule has 0 aliphatic carbocycles. The number of carbonyl (C=O) groups is 2. The van der Waals surface area contributed by atoms with Crippen LogP contribution in [0.2, 0.25) is 0 Å². The lowest BCUT2D eigenvalue weighted by Gasteiger charge is -2.20. The number of hydrogen-bond acceptors (Lipinski definition) is 5. The van der Waals surface area contributed by atoms with E-state index in [2.05, 4.69) is 5.32 Å². The molecule has 5 nitrogen and oxygen atoms in total. The molecule has 29 heavy (non-hydrogen) atoms. The van der Waals surface area contributed by atoms with Crippen LogP contribution in [0.15, 0.2) is 54.6 Å². The molecule has 2 aromatic carbocycles. The number of carboxylic acids is 1. The first-order chi connectivity index (χ1) is 13.8. The highest BCUT2D eigenvalue weighted by molar-refractivity contribution is 7.98. The van der Waals surface area contributed by atoms with E-state index < -0.39 is 17.9 Å². The van der Waals surface area contributed by atoms with E-state index in [1.165, 1.54) is 11.8 Å². The van der Waals surface area contributed by atoms with Gasteiger partial charge in [-0.3, -0.25) is 4.79 Å². The molecular weight excluding hydrogens is 404 g/mol. The van der Waals surface area contributed by atoms with Gasteiger partial charge in [0.05, 0.1) is 10.9 Å². The predicted molar refractivity (Wildman–Crippen MR) is 124 cm³/mol. The number of carboxylic acid groups (broad SMARTS) is 1. The topological polar surface area (TPSA) is 69.6 Å². The monoisotopic (exact) mass is 430 g/mol. The molecule has 0 saturated carbocycles. The number of benzene rings is 2. The number of hydrogen-bond donors (Lipinski definition) is 2. The summed E-state index contributed by atoms with van der Waals surface area (Å²) in [7, 11) is 3.97. The third-order valence-corrected chi connectivity index (χ3v) is 6.04. The molecule has 0 bridgehead atoms. The van der Waals surface area contributed by atoms with Crippen molar-refractivity contribution in [2.24, 2.45) is 5.92 Å². The van der Waals surface area contributed by atoms with E-state index in [-0.39, 0.29) is 10.8 Å². The van der Waals surface area contributed by atoms with Gasteiger partial charge in [-0.1, -0.05) is 54.7 Å². The zero-order valence-corrected chi connectivity index (χ0v) is 18.4. The number of Topliss-reactive ketones (excluding diaryl/α,β-unsaturated/α-hetero) is 1. The van der Waals surface area contributed by atoms with E-state index in [1.807, 2.05) is 49.3 Å². The Labute approximate surface area is 181 Å². The van der Waals surface area contributed by atoms with Crippen LogP contribution < -0.4 is 10.2 Å². The maximum atomic E-state index is 12.5. The normalized spacial score (nSPS) is 12.7. The van der Waals surface area contributed by atoms with Crippen LogP contribution in [0.1, 0.15) is 22.8 Å². The first-order valence-corrected chi connectivity index (χ1v) is 10.8. The fourth-order valence-corrected chi connectivity index (χ4v) is 3.88. The minimum absolute atomic E-state index is 0.124. The standard InChI is InChI=1S/C22H26N2O3S2/c1-15(20(25)17-7-5-4-6-8-17)21(28)23-19(22(26)27)14-29-13-16-9-11-18(12-10-16)24(2)3/h4-12,15,19H,13-14H2,1-3H3,(H,23,28)(H,26,27)/t15?,19-/m0/s1. The molecule has 0 saturated heterocycles. The molecule has 2 aromatic rings. The first-order valence-electron chi connectivity index (χ1n) is 9.26. The van der Waals surface area contributed by atoms with Crippen LogP contribution in [0.4, 0.5) is 5.69 Å². The zero-order chi connectivity index (χ0) is 21.4. The van der Waals surface area contributed by atoms with Gasteiger partial charge < -0.3 is 15.3 Å². The van der Waals surface area contributed by atoms with Crippen molar-refractivity contribution in [3.8, 4) is 0 Å². The Morgan fingerprint density at radius 2 is 1.72 bits per heavy atom. The number of aliphatic carboxylic acids is 1. The van der Waals surface area contributed by atoms with E-state index in [0.717, 1.165) is 11.3 Å². The molecule has 154 valence electrons. The Bertz CT molecular complexity index is 839. The molecule has 0 aromatic heterocycles. The second-order valence-electron chi connectivity index (χ2n) is 6.93. The average molecular weight is 431 g/mol. The van der Waals surface area contributed by atoms with Crippen LogP contribution >= 0.6 is 24.0 Å². The highest BCUT2D eigenvalue weighted by Crippen LogP contribution is 2.18. The lowest BCUT2D eigenvalue weighted by molar-refractivity contribution is -0.138. The number of nitrogens with zero attached hydrogens (tertiary/aromatic N) is 1. The Morgan fingerprint density at radius 1 is 1.10 bits per heavy atom. The van der Waals surface area contributed by atoms with Crippen molar-refractivity contribution >= 4 is 46.4 Å². The third kappa shape index (κ3) is 6.87. The van der Waals surface area contributed by atoms with E-state index in [9.17, 15) is 14.7 Å². The fourth-order valence-electron chi connectivity index (χ4n) is 2.63. The summed E-state index contributed by atoms with van der Waals surface area (Å²) in [4.78, 5) is 26.4. The zero-order valence-electron chi connectivity index (χ0n) is 16.8. The fraction of sp³-hybridized carbons (Fsp3) is 0.318. The van der Waals surface area contributed by atoms with Gasteiger partial charge in [-0.25, -0.2) is 4.79 Å². The molecule has 0 aliphatic rings. The van der Waals surface area contributed by atoms with Gasteiger partial charge in [0.15, 0.2) is 5.78 Å². The molecule has 0 amide bonds. The van der Waals surface area contributed by atoms with E-state index in [1.54, 1.807) is 31.2 Å². The summed E-state index contributed by atoms with van der Waals surface area (Å²) in [6, 6.07) is 16.2. The summed E-state index contributed by atoms with van der Waals surface area (Å²) in [5, 5.41) is 12.4. The summed E-state index contributed by atoms with van der Waals surface area (Å²) >= 11 is 6.84. The Balaban J connectivity index is 1.89. The lowest BCUT2D eigenvalue weighted by Crippen LogP contribution is -2.45. The van der Waals surface area contributed by atoms with Gasteiger partial charge in [0.1, 0.15) is 6.04 Å². The van der Waals surface area contributed by atoms with E-state index in [0.29, 0.717) is 17.1 Å². The van der Waals surface area contributed by atoms with E-state index >= 15 is 0 Å². The smallest absolute Gasteiger partial charge is 0.326 e. The van der Waals surface area contributed by atoms with Crippen molar-refractivity contribution < 1.29 is 14.7 Å². The Hall–Kier alpha value is -2.38. The molecule has 7 heteroatoms. The minimum atomic E-state index is -0.984. The number of thiocarbonyl (C=S) groups is 1. The molecule has 0 aliphatic heterocycles. The minimum Gasteiger partial charge on any atom is -0.480 e. The molecular formula is C22H26N2O3S2. The first kappa shape index (κ1) is 22.9. The van der Waals surface area contributed by atoms with Crippen molar-refractivity contribution in [3.63, 3.8) is 0 Å². The molecule has 2 N–H and O–H groups in total. The third-order valence-electron chi connectivity index (χ3n) is 4.47. The van der Waals surface area contributed by atoms with Crippen molar-refractivity contribution in [1.82, 2.24) is 5.32 Å². The summed E-state index contributed by atoms with van der Waals surface area (Å²) in [6.45, 7) is 1.70. The number of nitrogens with one attached hydrogen (secondary N) is 1. The average Bonchev–Trinajstić information content (AvgIpc) is 2.72. The lowest BCUT2D eigenvalue weighted by atomic mass is 9.99. The molecule has 0 fully saturated rings. The van der Waals surface area contributed by atoms with Gasteiger partial charge in [-0.15, -0.1) is 0 Å². The molecule has 2 atom stereocenters. The second-order valence-corrected chi connectivity index (χ2v) is 8.40. The summed E-state index contributed by atoms with van der Waals surface area (Å²) in [5.74, 6) is -0.650. The molecule has 0 heterocycles. The number of anilines is 1.